The van der Waals surface area contributed by atoms with Gasteiger partial charge in [0.2, 0.25) is 5.91 Å². The van der Waals surface area contributed by atoms with Crippen molar-refractivity contribution in [1.29, 1.82) is 0 Å². The number of aliphatic carboxylic acids is 1. The molecule has 9 heteroatoms. The molecule has 2 N–H and O–H groups in total. The molecule has 5 aliphatic carbocycles. The van der Waals surface area contributed by atoms with Crippen molar-refractivity contribution in [3.8, 4) is 0 Å². The van der Waals surface area contributed by atoms with E-state index in [2.05, 4.69) is 53.4 Å². The average molecular weight is 781 g/mol. The molecule has 316 valence electrons. The highest BCUT2D eigenvalue weighted by molar-refractivity contribution is 5.77. The van der Waals surface area contributed by atoms with Gasteiger partial charge in [-0.05, 0) is 155 Å². The molecule has 0 spiro atoms. The molecule has 6 aliphatic rings. The molecule has 5 saturated carbocycles. The summed E-state index contributed by atoms with van der Waals surface area (Å²) in [6, 6.07) is -0.0472. The third-order valence-corrected chi connectivity index (χ3v) is 17.4. The number of hydrogen-bond donors (Lipinski definition) is 2. The van der Waals surface area contributed by atoms with Crippen LogP contribution in [0, 0.1) is 62.1 Å². The number of ether oxygens (including phenoxy) is 2. The van der Waals surface area contributed by atoms with Crippen LogP contribution in [0.15, 0.2) is 12.2 Å². The lowest BCUT2D eigenvalue weighted by Gasteiger charge is -2.73. The average Bonchev–Trinajstić information content (AvgIpc) is 3.66. The summed E-state index contributed by atoms with van der Waals surface area (Å²) in [5, 5.41) is 12.7. The van der Waals surface area contributed by atoms with Crippen molar-refractivity contribution in [1.82, 2.24) is 10.2 Å². The molecular weight excluding hydrogens is 705 g/mol. The normalized spacial score (nSPS) is 40.3. The number of hydrogen-bond acceptors (Lipinski definition) is 6. The van der Waals surface area contributed by atoms with Gasteiger partial charge in [0.1, 0.15) is 11.7 Å². The Labute approximate surface area is 338 Å². The Bertz CT molecular complexity index is 1580. The number of carboxylic acid groups (broad SMARTS) is 1. The van der Waals surface area contributed by atoms with Crippen molar-refractivity contribution in [2.24, 2.45) is 62.1 Å². The van der Waals surface area contributed by atoms with Crippen molar-refractivity contribution in [2.75, 3.05) is 13.1 Å². The summed E-state index contributed by atoms with van der Waals surface area (Å²) >= 11 is 0. The summed E-state index contributed by atoms with van der Waals surface area (Å²) in [5.41, 5.74) is 0.290. The predicted octanol–water partition coefficient (Wildman–Crippen LogP) is 9.96. The second kappa shape index (κ2) is 14.6. The molecule has 0 aromatic rings. The second-order valence-electron chi connectivity index (χ2n) is 23.0. The topological polar surface area (TPSA) is 122 Å². The van der Waals surface area contributed by atoms with Crippen LogP contribution >= 0.6 is 0 Å². The third kappa shape index (κ3) is 7.57. The molecule has 6 rings (SSSR count). The maximum atomic E-state index is 14.1. The Hall–Kier alpha value is -2.58. The molecule has 1 aliphatic heterocycles. The van der Waals surface area contributed by atoms with Crippen LogP contribution < -0.4 is 5.32 Å². The number of carboxylic acids is 1. The van der Waals surface area contributed by atoms with E-state index in [0.29, 0.717) is 49.1 Å². The van der Waals surface area contributed by atoms with Crippen LogP contribution in [-0.4, -0.2) is 64.8 Å². The van der Waals surface area contributed by atoms with Gasteiger partial charge in [0, 0.05) is 31.0 Å². The molecule has 0 bridgehead atoms. The first kappa shape index (κ1) is 43.0. The number of carbonyl (C=O) groups is 4. The standard InChI is InChI=1S/C47H76N2O7/c1-29(2)31-15-21-47(25-36(50)48-30-18-24-49(28-30)40(54)56-41(3,4)5)23-22-45(11)32(39(31)47)13-14-34-44(10)19-17-35(43(8,9)33(44)16-20-46(34,45)12)55-38(53)27-42(6,7)26-37(51)52/h30-35,39H,1,13-28H2,2-12H3,(H,48,50)(H,51,52)/t30-,31+,32-,33+,34-,35+,39-,44+,45-,46-,47-/m1/s1. The fourth-order valence-electron chi connectivity index (χ4n) is 14.8. The lowest BCUT2D eigenvalue weighted by Crippen LogP contribution is -2.67. The fraction of sp³-hybridized carbons (Fsp3) is 0.872. The van der Waals surface area contributed by atoms with Gasteiger partial charge in [0.25, 0.3) is 0 Å². The highest BCUT2D eigenvalue weighted by Gasteiger charge is 2.71. The van der Waals surface area contributed by atoms with Crippen LogP contribution in [0.1, 0.15) is 166 Å². The molecule has 9 nitrogen and oxygen atoms in total. The molecule has 0 unspecified atom stereocenters. The van der Waals surface area contributed by atoms with Crippen molar-refractivity contribution >= 4 is 23.9 Å². The molecule has 0 radical (unpaired) electrons. The maximum absolute atomic E-state index is 14.1. The van der Waals surface area contributed by atoms with Gasteiger partial charge in [-0.15, -0.1) is 0 Å². The summed E-state index contributed by atoms with van der Waals surface area (Å²) in [7, 11) is 0. The van der Waals surface area contributed by atoms with Crippen LogP contribution in [0.4, 0.5) is 4.79 Å². The van der Waals surface area contributed by atoms with E-state index < -0.39 is 17.0 Å². The summed E-state index contributed by atoms with van der Waals surface area (Å²) in [5.74, 6) is 1.35. The maximum Gasteiger partial charge on any atom is 0.410 e. The SMILES string of the molecule is C=C(C)[C@@H]1CC[C@]2(CC(=O)N[C@@H]3CCN(C(=O)OC(C)(C)C)C3)CC[C@]3(C)[C@H](CC[C@@H]4[C@@]5(C)CC[C@H](OC(=O)CC(C)(C)CC(=O)O)C(C)(C)[C@@H]5CC[C@]43C)[C@@H]12. The first-order valence-electron chi connectivity index (χ1n) is 22.1. The van der Waals surface area contributed by atoms with E-state index in [4.69, 9.17) is 9.47 Å². The molecular formula is C47H76N2O7. The largest absolute Gasteiger partial charge is 0.481 e. The molecule has 1 heterocycles. The number of esters is 1. The van der Waals surface area contributed by atoms with Crippen LogP contribution in [0.25, 0.3) is 0 Å². The van der Waals surface area contributed by atoms with Crippen molar-refractivity contribution < 1.29 is 33.8 Å². The quantitative estimate of drug-likeness (QED) is 0.176. The molecule has 1 saturated heterocycles. The van der Waals surface area contributed by atoms with Crippen molar-refractivity contribution in [3.05, 3.63) is 12.2 Å². The summed E-state index contributed by atoms with van der Waals surface area (Å²) in [6.45, 7) is 29.7. The molecule has 11 atom stereocenters. The Morgan fingerprint density at radius 3 is 2.16 bits per heavy atom. The van der Waals surface area contributed by atoms with Crippen LogP contribution in [0.3, 0.4) is 0 Å². The Kier molecular flexibility index (Phi) is 11.2. The number of carbonyl (C=O) groups excluding carboxylic acids is 3. The number of amides is 2. The van der Waals surface area contributed by atoms with Gasteiger partial charge < -0.3 is 24.8 Å². The molecule has 56 heavy (non-hydrogen) atoms. The smallest absolute Gasteiger partial charge is 0.410 e. The van der Waals surface area contributed by atoms with Crippen LogP contribution in [-0.2, 0) is 23.9 Å². The zero-order chi connectivity index (χ0) is 41.4. The lowest BCUT2D eigenvalue weighted by atomic mass is 9.32. The first-order chi connectivity index (χ1) is 25.8. The molecule has 2 amide bonds. The third-order valence-electron chi connectivity index (χ3n) is 17.4. The highest BCUT2D eigenvalue weighted by atomic mass is 16.6. The summed E-state index contributed by atoms with van der Waals surface area (Å²) in [6.07, 6.45) is 11.8. The van der Waals surface area contributed by atoms with E-state index in [0.717, 1.165) is 57.8 Å². The first-order valence-corrected chi connectivity index (χ1v) is 22.1. The van der Waals surface area contributed by atoms with E-state index in [1.807, 2.05) is 34.6 Å². The van der Waals surface area contributed by atoms with E-state index in [1.165, 1.54) is 18.4 Å². The van der Waals surface area contributed by atoms with Gasteiger partial charge in [-0.3, -0.25) is 14.4 Å². The minimum atomic E-state index is -0.892. The number of rotatable bonds is 9. The Morgan fingerprint density at radius 1 is 0.821 bits per heavy atom. The molecule has 6 fully saturated rings. The fourth-order valence-corrected chi connectivity index (χ4v) is 14.8. The summed E-state index contributed by atoms with van der Waals surface area (Å²) in [4.78, 5) is 53.2. The number of nitrogens with zero attached hydrogens (tertiary/aromatic N) is 1. The zero-order valence-electron chi connectivity index (χ0n) is 36.9. The monoisotopic (exact) mass is 781 g/mol. The number of allylic oxidation sites excluding steroid dienone is 1. The van der Waals surface area contributed by atoms with E-state index >= 15 is 0 Å². The van der Waals surface area contributed by atoms with E-state index in [9.17, 15) is 24.3 Å². The number of likely N-dealkylation sites (tertiary alicyclic amines) is 1. The van der Waals surface area contributed by atoms with Crippen molar-refractivity contribution in [2.45, 2.75) is 184 Å². The summed E-state index contributed by atoms with van der Waals surface area (Å²) < 4.78 is 11.9. The van der Waals surface area contributed by atoms with Gasteiger partial charge in [0.15, 0.2) is 0 Å². The van der Waals surface area contributed by atoms with Gasteiger partial charge in [-0.1, -0.05) is 60.6 Å². The zero-order valence-corrected chi connectivity index (χ0v) is 36.9. The molecule has 0 aromatic carbocycles. The number of fused-ring (bicyclic) bond motifs is 7. The van der Waals surface area contributed by atoms with Crippen molar-refractivity contribution in [3.63, 3.8) is 0 Å². The molecule has 0 aromatic heterocycles. The highest BCUT2D eigenvalue weighted by Crippen LogP contribution is 2.78. The van der Waals surface area contributed by atoms with E-state index in [-0.39, 0.29) is 70.0 Å². The van der Waals surface area contributed by atoms with Crippen LogP contribution in [0.2, 0.25) is 0 Å². The van der Waals surface area contributed by atoms with E-state index in [1.54, 1.807) is 4.90 Å². The minimum absolute atomic E-state index is 0.0331. The second-order valence-corrected chi connectivity index (χ2v) is 23.0. The van der Waals surface area contributed by atoms with Crippen LogP contribution in [0.5, 0.6) is 0 Å². The number of nitrogens with one attached hydrogen (secondary N) is 1. The Balaban J connectivity index is 1.18. The van der Waals surface area contributed by atoms with Gasteiger partial charge in [-0.2, -0.15) is 0 Å². The lowest BCUT2D eigenvalue weighted by molar-refractivity contribution is -0.250. The van der Waals surface area contributed by atoms with Gasteiger partial charge >= 0.3 is 18.0 Å². The predicted molar refractivity (Wildman–Crippen MR) is 218 cm³/mol. The Morgan fingerprint density at radius 2 is 1.52 bits per heavy atom. The van der Waals surface area contributed by atoms with Gasteiger partial charge in [0.05, 0.1) is 12.8 Å². The minimum Gasteiger partial charge on any atom is -0.481 e. The van der Waals surface area contributed by atoms with Gasteiger partial charge in [-0.25, -0.2) is 4.79 Å².